The second kappa shape index (κ2) is 12.4. The standard InChI is InChI=1S/2C4H6O2.C4H8O/c1-3-4(5)6-2;1-3(2)4(5)6;1-2-4-5-3-1/h3H,1H2,2H3;1H2,2H3,(H,5,6);1-4H2. The van der Waals surface area contributed by atoms with E-state index in [0.29, 0.717) is 0 Å². The predicted octanol–water partition coefficient (Wildman–Crippen LogP) is 1.79. The van der Waals surface area contributed by atoms with E-state index in [1.165, 1.54) is 26.9 Å². The van der Waals surface area contributed by atoms with Crippen molar-refractivity contribution in [2.75, 3.05) is 20.3 Å². The Morgan fingerprint density at radius 1 is 1.35 bits per heavy atom. The van der Waals surface area contributed by atoms with Gasteiger partial charge >= 0.3 is 11.9 Å². The van der Waals surface area contributed by atoms with E-state index in [2.05, 4.69) is 17.9 Å². The number of carbonyl (C=O) groups is 2. The van der Waals surface area contributed by atoms with Gasteiger partial charge in [-0.05, 0) is 19.8 Å². The number of carbonyl (C=O) groups excluding carboxylic acids is 1. The van der Waals surface area contributed by atoms with Gasteiger partial charge in [0.15, 0.2) is 0 Å². The summed E-state index contributed by atoms with van der Waals surface area (Å²) in [5, 5.41) is 7.89. The third-order valence-corrected chi connectivity index (χ3v) is 1.56. The number of hydrogen-bond donors (Lipinski definition) is 1. The van der Waals surface area contributed by atoms with Crippen LogP contribution in [0.1, 0.15) is 19.8 Å². The first kappa shape index (κ1) is 17.8. The van der Waals surface area contributed by atoms with Crippen LogP contribution in [0.2, 0.25) is 0 Å². The summed E-state index contributed by atoms with van der Waals surface area (Å²) in [5.41, 5.74) is 0.176. The molecule has 0 radical (unpaired) electrons. The van der Waals surface area contributed by atoms with Crippen LogP contribution in [0.4, 0.5) is 0 Å². The Labute approximate surface area is 102 Å². The zero-order valence-corrected chi connectivity index (χ0v) is 10.4. The van der Waals surface area contributed by atoms with Crippen molar-refractivity contribution in [2.24, 2.45) is 0 Å². The first-order valence-corrected chi connectivity index (χ1v) is 5.12. The number of hydrogen-bond acceptors (Lipinski definition) is 4. The maximum absolute atomic E-state index is 9.84. The SMILES string of the molecule is C1CCOC1.C=C(C)C(=O)O.C=CC(=O)OC. The summed E-state index contributed by atoms with van der Waals surface area (Å²) in [6.45, 7) is 9.76. The average Bonchev–Trinajstić information content (AvgIpc) is 2.87. The zero-order valence-electron chi connectivity index (χ0n) is 10.4. The fourth-order valence-corrected chi connectivity index (χ4v) is 0.594. The van der Waals surface area contributed by atoms with Crippen molar-refractivity contribution in [3.8, 4) is 0 Å². The molecule has 0 saturated carbocycles. The predicted molar refractivity (Wildman–Crippen MR) is 64.7 cm³/mol. The molecule has 5 heteroatoms. The maximum atomic E-state index is 9.84. The summed E-state index contributed by atoms with van der Waals surface area (Å²) < 4.78 is 9.09. The van der Waals surface area contributed by atoms with Crippen LogP contribution in [0.25, 0.3) is 0 Å². The first-order valence-electron chi connectivity index (χ1n) is 5.12. The van der Waals surface area contributed by atoms with Gasteiger partial charge in [0.25, 0.3) is 0 Å². The van der Waals surface area contributed by atoms with Crippen LogP contribution in [0.15, 0.2) is 24.8 Å². The molecule has 5 nitrogen and oxygen atoms in total. The molecule has 1 fully saturated rings. The molecule has 0 aliphatic carbocycles. The third-order valence-electron chi connectivity index (χ3n) is 1.56. The van der Waals surface area contributed by atoms with Gasteiger partial charge in [-0.2, -0.15) is 0 Å². The van der Waals surface area contributed by atoms with Gasteiger partial charge in [0.1, 0.15) is 0 Å². The summed E-state index contributed by atoms with van der Waals surface area (Å²) in [5.74, 6) is -1.33. The highest BCUT2D eigenvalue weighted by Crippen LogP contribution is 1.98. The first-order chi connectivity index (χ1) is 7.95. The number of rotatable bonds is 2. The van der Waals surface area contributed by atoms with Crippen molar-refractivity contribution < 1.29 is 24.2 Å². The molecule has 0 atom stereocenters. The van der Waals surface area contributed by atoms with Crippen LogP contribution in [0, 0.1) is 0 Å². The van der Waals surface area contributed by atoms with E-state index >= 15 is 0 Å². The van der Waals surface area contributed by atoms with Gasteiger partial charge in [0, 0.05) is 24.9 Å². The zero-order chi connectivity index (χ0) is 13.7. The van der Waals surface area contributed by atoms with Crippen LogP contribution in [0.3, 0.4) is 0 Å². The second-order valence-electron chi connectivity index (χ2n) is 3.13. The van der Waals surface area contributed by atoms with E-state index in [4.69, 9.17) is 9.84 Å². The van der Waals surface area contributed by atoms with Crippen molar-refractivity contribution in [2.45, 2.75) is 19.8 Å². The van der Waals surface area contributed by atoms with Crippen LogP contribution in [0.5, 0.6) is 0 Å². The summed E-state index contributed by atoms with van der Waals surface area (Å²) >= 11 is 0. The molecule has 98 valence electrons. The molecule has 17 heavy (non-hydrogen) atoms. The lowest BCUT2D eigenvalue weighted by Crippen LogP contribution is -1.92. The van der Waals surface area contributed by atoms with Gasteiger partial charge in [-0.1, -0.05) is 13.2 Å². The maximum Gasteiger partial charge on any atom is 0.330 e. The highest BCUT2D eigenvalue weighted by molar-refractivity contribution is 5.84. The molecule has 1 saturated heterocycles. The van der Waals surface area contributed by atoms with Crippen molar-refractivity contribution in [1.82, 2.24) is 0 Å². The van der Waals surface area contributed by atoms with Gasteiger partial charge in [0.2, 0.25) is 0 Å². The Bertz CT molecular complexity index is 231. The molecule has 0 unspecified atom stereocenters. The fourth-order valence-electron chi connectivity index (χ4n) is 0.594. The number of ether oxygens (including phenoxy) is 2. The summed E-state index contributed by atoms with van der Waals surface area (Å²) in [7, 11) is 1.31. The largest absolute Gasteiger partial charge is 0.478 e. The average molecular weight is 244 g/mol. The van der Waals surface area contributed by atoms with Crippen molar-refractivity contribution in [3.63, 3.8) is 0 Å². The molecular weight excluding hydrogens is 224 g/mol. The highest BCUT2D eigenvalue weighted by Gasteiger charge is 1.94. The summed E-state index contributed by atoms with van der Waals surface area (Å²) in [6, 6.07) is 0. The van der Waals surface area contributed by atoms with Crippen LogP contribution >= 0.6 is 0 Å². The van der Waals surface area contributed by atoms with Gasteiger partial charge in [-0.3, -0.25) is 0 Å². The lowest BCUT2D eigenvalue weighted by atomic mass is 10.4. The van der Waals surface area contributed by atoms with Crippen molar-refractivity contribution in [3.05, 3.63) is 24.8 Å². The lowest BCUT2D eigenvalue weighted by molar-refractivity contribution is -0.135. The Hall–Kier alpha value is -1.62. The van der Waals surface area contributed by atoms with E-state index in [9.17, 15) is 9.59 Å². The quantitative estimate of drug-likeness (QED) is 0.592. The molecule has 1 aliphatic rings. The number of carboxylic acid groups (broad SMARTS) is 1. The minimum absolute atomic E-state index is 0.176. The van der Waals surface area contributed by atoms with E-state index < -0.39 is 11.9 Å². The molecule has 0 bridgehead atoms. The highest BCUT2D eigenvalue weighted by atomic mass is 16.5. The van der Waals surface area contributed by atoms with Gasteiger partial charge < -0.3 is 14.6 Å². The minimum Gasteiger partial charge on any atom is -0.478 e. The molecule has 0 aromatic carbocycles. The molecule has 1 heterocycles. The molecule has 1 aliphatic heterocycles. The fraction of sp³-hybridized carbons (Fsp3) is 0.500. The molecule has 0 aromatic rings. The topological polar surface area (TPSA) is 72.8 Å². The van der Waals surface area contributed by atoms with Crippen LogP contribution in [-0.4, -0.2) is 37.4 Å². The van der Waals surface area contributed by atoms with Gasteiger partial charge in [-0.15, -0.1) is 0 Å². The number of esters is 1. The summed E-state index contributed by atoms with van der Waals surface area (Å²) in [4.78, 5) is 19.4. The Kier molecular flexibility index (Phi) is 13.0. The molecule has 0 spiro atoms. The van der Waals surface area contributed by atoms with Crippen LogP contribution < -0.4 is 0 Å². The molecule has 0 aromatic heterocycles. The van der Waals surface area contributed by atoms with Crippen molar-refractivity contribution in [1.29, 1.82) is 0 Å². The number of carboxylic acids is 1. The van der Waals surface area contributed by atoms with Crippen molar-refractivity contribution >= 4 is 11.9 Å². The van der Waals surface area contributed by atoms with Gasteiger partial charge in [-0.25, -0.2) is 9.59 Å². The van der Waals surface area contributed by atoms with E-state index in [-0.39, 0.29) is 5.57 Å². The Morgan fingerprint density at radius 2 is 1.76 bits per heavy atom. The molecular formula is C12H20O5. The number of aliphatic carboxylic acids is 1. The minimum atomic E-state index is -0.935. The third kappa shape index (κ3) is 17.0. The Balaban J connectivity index is 0. The Morgan fingerprint density at radius 3 is 1.82 bits per heavy atom. The van der Waals surface area contributed by atoms with E-state index in [0.717, 1.165) is 19.3 Å². The normalized spacial score (nSPS) is 12.1. The lowest BCUT2D eigenvalue weighted by Gasteiger charge is -1.83. The summed E-state index contributed by atoms with van der Waals surface area (Å²) in [6.07, 6.45) is 3.67. The molecule has 1 N–H and O–H groups in total. The van der Waals surface area contributed by atoms with E-state index in [1.807, 2.05) is 0 Å². The van der Waals surface area contributed by atoms with Gasteiger partial charge in [0.05, 0.1) is 7.11 Å². The smallest absolute Gasteiger partial charge is 0.330 e. The van der Waals surface area contributed by atoms with E-state index in [1.54, 1.807) is 0 Å². The monoisotopic (exact) mass is 244 g/mol. The number of methoxy groups -OCH3 is 1. The second-order valence-corrected chi connectivity index (χ2v) is 3.13. The van der Waals surface area contributed by atoms with Crippen LogP contribution in [-0.2, 0) is 19.1 Å². The molecule has 0 amide bonds. The molecule has 1 rings (SSSR count).